The fourth-order valence-electron chi connectivity index (χ4n) is 0.581. The summed E-state index contributed by atoms with van der Waals surface area (Å²) in [4.78, 5) is 10.2. The fourth-order valence-corrected chi connectivity index (χ4v) is 0.581. The van der Waals surface area contributed by atoms with Gasteiger partial charge in [-0.05, 0) is 12.1 Å². The summed E-state index contributed by atoms with van der Waals surface area (Å²) in [5.41, 5.74) is 5.11. The number of rotatable bonds is 2. The van der Waals surface area contributed by atoms with Gasteiger partial charge in [0.05, 0.1) is 12.2 Å². The Hall–Kier alpha value is -1.10. The molecule has 0 spiro atoms. The van der Waals surface area contributed by atoms with E-state index in [1.165, 1.54) is 0 Å². The van der Waals surface area contributed by atoms with Gasteiger partial charge >= 0.3 is 5.97 Å². The van der Waals surface area contributed by atoms with Crippen LogP contribution in [0.25, 0.3) is 0 Å². The summed E-state index contributed by atoms with van der Waals surface area (Å²) < 4.78 is 0. The normalized spacial score (nSPS) is 7.86. The van der Waals surface area contributed by atoms with Crippen LogP contribution < -0.4 is 5.73 Å². The molecule has 0 saturated heterocycles. The Bertz CT molecular complexity index is 239. The number of nitrogens with two attached hydrogens (primary N) is 1. The van der Waals surface area contributed by atoms with E-state index in [1.807, 2.05) is 0 Å². The van der Waals surface area contributed by atoms with Crippen molar-refractivity contribution >= 4 is 18.4 Å². The zero-order valence-electron chi connectivity index (χ0n) is 7.59. The van der Waals surface area contributed by atoms with E-state index >= 15 is 0 Å². The van der Waals surface area contributed by atoms with Crippen LogP contribution in [0.5, 0.6) is 0 Å². The molecule has 0 unspecified atom stereocenters. The molecule has 0 aliphatic heterocycles. The number of aliphatic hydroxyl groups is 1. The summed E-state index contributed by atoms with van der Waals surface area (Å²) in [6.07, 6.45) is 0. The van der Waals surface area contributed by atoms with Crippen molar-refractivity contribution < 1.29 is 15.0 Å². The first-order valence-corrected chi connectivity index (χ1v) is 3.81. The highest BCUT2D eigenvalue weighted by atomic mass is 35.5. The third kappa shape index (κ3) is 7.54. The Morgan fingerprint density at radius 3 is 1.93 bits per heavy atom. The van der Waals surface area contributed by atoms with Crippen LogP contribution in [0.1, 0.15) is 10.4 Å². The molecule has 0 aliphatic rings. The first-order valence-electron chi connectivity index (χ1n) is 3.81. The molecule has 1 aromatic rings. The van der Waals surface area contributed by atoms with Crippen LogP contribution in [0.4, 0.5) is 0 Å². The summed E-state index contributed by atoms with van der Waals surface area (Å²) in [5.74, 6) is -0.879. The molecule has 0 fully saturated rings. The summed E-state index contributed by atoms with van der Waals surface area (Å²) in [6, 6.07) is 8.30. The van der Waals surface area contributed by atoms with Gasteiger partial charge in [0.2, 0.25) is 0 Å². The summed E-state index contributed by atoms with van der Waals surface area (Å²) in [6.45, 7) is 0.472. The van der Waals surface area contributed by atoms with Gasteiger partial charge in [0.15, 0.2) is 0 Å². The SMILES string of the molecule is Cl.NCCO.O=C(O)c1ccccc1. The standard InChI is InChI=1S/C7H6O2.C2H7NO.ClH/c8-7(9)6-4-2-1-3-5-6;3-1-2-4;/h1-5H,(H,8,9);4H,1-3H2;1H. The molecule has 0 heterocycles. The number of benzene rings is 1. The second kappa shape index (κ2) is 9.98. The number of hydrogen-bond donors (Lipinski definition) is 3. The highest BCUT2D eigenvalue weighted by molar-refractivity contribution is 5.87. The van der Waals surface area contributed by atoms with Gasteiger partial charge < -0.3 is 15.9 Å². The van der Waals surface area contributed by atoms with Crippen LogP contribution in [0, 0.1) is 0 Å². The number of carbonyl (C=O) groups is 1. The van der Waals surface area contributed by atoms with E-state index in [2.05, 4.69) is 0 Å². The quantitative estimate of drug-likeness (QED) is 0.685. The summed E-state index contributed by atoms with van der Waals surface area (Å²) >= 11 is 0. The lowest BCUT2D eigenvalue weighted by atomic mass is 10.2. The van der Waals surface area contributed by atoms with E-state index in [1.54, 1.807) is 30.3 Å². The highest BCUT2D eigenvalue weighted by Gasteiger charge is 1.96. The number of carboxylic acids is 1. The lowest BCUT2D eigenvalue weighted by Crippen LogP contribution is -2.02. The van der Waals surface area contributed by atoms with Gasteiger partial charge in [0.1, 0.15) is 0 Å². The van der Waals surface area contributed by atoms with Crippen LogP contribution >= 0.6 is 12.4 Å². The predicted molar refractivity (Wildman–Crippen MR) is 56.8 cm³/mol. The van der Waals surface area contributed by atoms with E-state index in [9.17, 15) is 4.79 Å². The molecule has 1 rings (SSSR count). The lowest BCUT2D eigenvalue weighted by Gasteiger charge is -1.88. The monoisotopic (exact) mass is 219 g/mol. The van der Waals surface area contributed by atoms with Gasteiger partial charge in [0, 0.05) is 6.54 Å². The van der Waals surface area contributed by atoms with Gasteiger partial charge in [-0.25, -0.2) is 4.79 Å². The molecular formula is C9H14ClNO3. The number of carboxylic acid groups (broad SMARTS) is 1. The number of aliphatic hydroxyl groups excluding tert-OH is 1. The summed E-state index contributed by atoms with van der Waals surface area (Å²) in [7, 11) is 0. The predicted octanol–water partition coefficient (Wildman–Crippen LogP) is 0.744. The largest absolute Gasteiger partial charge is 0.478 e. The molecule has 0 bridgehead atoms. The van der Waals surface area contributed by atoms with E-state index in [0.717, 1.165) is 0 Å². The molecule has 1 aromatic carbocycles. The Morgan fingerprint density at radius 2 is 1.71 bits per heavy atom. The molecule has 0 saturated carbocycles. The Balaban J connectivity index is 0. The van der Waals surface area contributed by atoms with Crippen LogP contribution in [0.15, 0.2) is 30.3 Å². The first-order chi connectivity index (χ1) is 6.22. The van der Waals surface area contributed by atoms with Crippen LogP contribution in [-0.2, 0) is 0 Å². The van der Waals surface area contributed by atoms with Crippen molar-refractivity contribution in [2.45, 2.75) is 0 Å². The van der Waals surface area contributed by atoms with E-state index in [-0.39, 0.29) is 19.0 Å². The average molecular weight is 220 g/mol. The van der Waals surface area contributed by atoms with Crippen LogP contribution in [-0.4, -0.2) is 29.3 Å². The van der Waals surface area contributed by atoms with Gasteiger partial charge in [0.25, 0.3) is 0 Å². The van der Waals surface area contributed by atoms with Crippen LogP contribution in [0.2, 0.25) is 0 Å². The van der Waals surface area contributed by atoms with Crippen molar-refractivity contribution in [3.63, 3.8) is 0 Å². The van der Waals surface area contributed by atoms with Crippen LogP contribution in [0.3, 0.4) is 0 Å². The van der Waals surface area contributed by atoms with E-state index in [4.69, 9.17) is 15.9 Å². The first kappa shape index (κ1) is 15.4. The maximum absolute atomic E-state index is 10.2. The molecule has 0 aromatic heterocycles. The number of hydrogen-bond acceptors (Lipinski definition) is 3. The Labute approximate surface area is 88.8 Å². The molecule has 80 valence electrons. The number of aromatic carboxylic acids is 1. The Kier molecular flexibility index (Phi) is 11.0. The third-order valence-electron chi connectivity index (χ3n) is 1.15. The maximum Gasteiger partial charge on any atom is 0.335 e. The van der Waals surface area contributed by atoms with Crippen molar-refractivity contribution in [1.82, 2.24) is 0 Å². The van der Waals surface area contributed by atoms with Gasteiger partial charge in [-0.2, -0.15) is 0 Å². The van der Waals surface area contributed by atoms with Crippen molar-refractivity contribution in [1.29, 1.82) is 0 Å². The average Bonchev–Trinajstić information content (AvgIpc) is 2.19. The van der Waals surface area contributed by atoms with Gasteiger partial charge in [-0.3, -0.25) is 0 Å². The van der Waals surface area contributed by atoms with Crippen molar-refractivity contribution in [2.24, 2.45) is 5.73 Å². The zero-order valence-corrected chi connectivity index (χ0v) is 8.41. The minimum absolute atomic E-state index is 0. The highest BCUT2D eigenvalue weighted by Crippen LogP contribution is 1.96. The fraction of sp³-hybridized carbons (Fsp3) is 0.222. The van der Waals surface area contributed by atoms with Crippen molar-refractivity contribution in [3.8, 4) is 0 Å². The molecule has 0 amide bonds. The molecular weight excluding hydrogens is 206 g/mol. The lowest BCUT2D eigenvalue weighted by molar-refractivity contribution is 0.0697. The Morgan fingerprint density at radius 1 is 1.29 bits per heavy atom. The smallest absolute Gasteiger partial charge is 0.335 e. The van der Waals surface area contributed by atoms with E-state index < -0.39 is 5.97 Å². The number of halogens is 1. The molecule has 0 radical (unpaired) electrons. The molecule has 5 heteroatoms. The molecule has 4 nitrogen and oxygen atoms in total. The molecule has 0 atom stereocenters. The molecule has 14 heavy (non-hydrogen) atoms. The minimum Gasteiger partial charge on any atom is -0.478 e. The topological polar surface area (TPSA) is 83.5 Å². The zero-order chi connectivity index (χ0) is 10.1. The molecule has 0 aliphatic carbocycles. The third-order valence-corrected chi connectivity index (χ3v) is 1.15. The van der Waals surface area contributed by atoms with E-state index in [0.29, 0.717) is 12.1 Å². The van der Waals surface area contributed by atoms with Crippen molar-refractivity contribution in [3.05, 3.63) is 35.9 Å². The second-order valence-electron chi connectivity index (χ2n) is 2.18. The second-order valence-corrected chi connectivity index (χ2v) is 2.18. The van der Waals surface area contributed by atoms with Gasteiger partial charge in [-0.1, -0.05) is 18.2 Å². The minimum atomic E-state index is -0.879. The summed E-state index contributed by atoms with van der Waals surface area (Å²) in [5, 5.41) is 16.1. The maximum atomic E-state index is 10.2. The van der Waals surface area contributed by atoms with Gasteiger partial charge in [-0.15, -0.1) is 12.4 Å². The molecule has 4 N–H and O–H groups in total. The van der Waals surface area contributed by atoms with Crippen molar-refractivity contribution in [2.75, 3.05) is 13.2 Å².